The van der Waals surface area contributed by atoms with Gasteiger partial charge in [-0.15, -0.1) is 0 Å². The Morgan fingerprint density at radius 1 is 1.44 bits per heavy atom. The van der Waals surface area contributed by atoms with E-state index < -0.39 is 20.8 Å². The summed E-state index contributed by atoms with van der Waals surface area (Å²) in [7, 11) is -4.58. The van der Waals surface area contributed by atoms with E-state index in [9.17, 15) is 12.6 Å². The summed E-state index contributed by atoms with van der Waals surface area (Å²) in [6.07, 6.45) is 1.56. The lowest BCUT2D eigenvalue weighted by Gasteiger charge is -2.11. The van der Waals surface area contributed by atoms with Gasteiger partial charge in [-0.1, -0.05) is 15.9 Å². The normalized spacial score (nSPS) is 15.3. The largest absolute Gasteiger partial charge is 0.260 e. The summed E-state index contributed by atoms with van der Waals surface area (Å²) in [6.45, 7) is 3.73. The van der Waals surface area contributed by atoms with Crippen molar-refractivity contribution in [2.45, 2.75) is 24.0 Å². The number of halogens is 1. The first kappa shape index (κ1) is 15.8. The van der Waals surface area contributed by atoms with Gasteiger partial charge in [0.2, 0.25) is 10.0 Å². The number of nitrogens with one attached hydrogen (secondary N) is 1. The third-order valence-corrected chi connectivity index (χ3v) is 6.18. The van der Waals surface area contributed by atoms with Crippen LogP contribution in [-0.4, -0.2) is 30.7 Å². The number of hydrogen-bond acceptors (Lipinski definition) is 3. The molecule has 4 nitrogen and oxygen atoms in total. The highest BCUT2D eigenvalue weighted by Crippen LogP contribution is 2.19. The zero-order valence-electron chi connectivity index (χ0n) is 10.4. The van der Waals surface area contributed by atoms with Crippen molar-refractivity contribution >= 4 is 36.8 Å². The van der Waals surface area contributed by atoms with Crippen LogP contribution in [0.15, 0.2) is 27.6 Å². The van der Waals surface area contributed by atoms with Crippen molar-refractivity contribution in [2.24, 2.45) is 0 Å². The van der Waals surface area contributed by atoms with Gasteiger partial charge in [0.1, 0.15) is 0 Å². The van der Waals surface area contributed by atoms with Gasteiger partial charge in [-0.25, -0.2) is 13.1 Å². The molecule has 1 aromatic carbocycles. The van der Waals surface area contributed by atoms with Gasteiger partial charge in [0.25, 0.3) is 0 Å². The monoisotopic (exact) mass is 353 g/mol. The van der Waals surface area contributed by atoms with Crippen molar-refractivity contribution in [1.82, 2.24) is 4.72 Å². The highest BCUT2D eigenvalue weighted by atomic mass is 79.9. The maximum absolute atomic E-state index is 12.0. The van der Waals surface area contributed by atoms with Crippen LogP contribution in [0.1, 0.15) is 12.5 Å². The van der Waals surface area contributed by atoms with Crippen LogP contribution in [0.25, 0.3) is 0 Å². The summed E-state index contributed by atoms with van der Waals surface area (Å²) in [5.74, 6) is 0. The number of sulfonamides is 1. The highest BCUT2D eigenvalue weighted by molar-refractivity contribution is 9.10. The lowest BCUT2D eigenvalue weighted by Crippen LogP contribution is -2.32. The molecule has 0 saturated carbocycles. The van der Waals surface area contributed by atoms with Gasteiger partial charge in [-0.3, -0.25) is 4.21 Å². The lowest BCUT2D eigenvalue weighted by atomic mass is 10.2. The van der Waals surface area contributed by atoms with E-state index in [0.29, 0.717) is 0 Å². The molecule has 0 amide bonds. The summed E-state index contributed by atoms with van der Waals surface area (Å²) < 4.78 is 38.5. The van der Waals surface area contributed by atoms with Crippen LogP contribution in [0.2, 0.25) is 0 Å². The second-order valence-corrected chi connectivity index (χ2v) is 8.50. The molecule has 0 fully saturated rings. The van der Waals surface area contributed by atoms with Gasteiger partial charge in [-0.2, -0.15) is 0 Å². The predicted octanol–water partition coefficient (Wildman–Crippen LogP) is 1.80. The highest BCUT2D eigenvalue weighted by Gasteiger charge is 2.16. The van der Waals surface area contributed by atoms with Crippen LogP contribution in [0.5, 0.6) is 0 Å². The van der Waals surface area contributed by atoms with Gasteiger partial charge >= 0.3 is 0 Å². The molecular weight excluding hydrogens is 338 g/mol. The Kier molecular flexibility index (Phi) is 5.51. The second-order valence-electron chi connectivity index (χ2n) is 4.07. The van der Waals surface area contributed by atoms with Crippen molar-refractivity contribution in [3.63, 3.8) is 0 Å². The molecular formula is C11H16BrNO3S2. The predicted molar refractivity (Wildman–Crippen MR) is 77.6 cm³/mol. The van der Waals surface area contributed by atoms with Crippen LogP contribution < -0.4 is 4.72 Å². The van der Waals surface area contributed by atoms with Crippen LogP contribution >= 0.6 is 15.9 Å². The van der Waals surface area contributed by atoms with E-state index in [1.807, 2.05) is 6.92 Å². The van der Waals surface area contributed by atoms with Crippen LogP contribution in [0.4, 0.5) is 0 Å². The van der Waals surface area contributed by atoms with Crippen LogP contribution in [0, 0.1) is 6.92 Å². The number of hydrogen-bond donors (Lipinski definition) is 1. The number of rotatable bonds is 5. The van der Waals surface area contributed by atoms with Gasteiger partial charge in [-0.05, 0) is 37.6 Å². The minimum Gasteiger partial charge on any atom is -0.260 e. The molecule has 1 N–H and O–H groups in total. The van der Waals surface area contributed by atoms with Crippen molar-refractivity contribution in [2.75, 3.05) is 12.8 Å². The van der Waals surface area contributed by atoms with E-state index in [-0.39, 0.29) is 16.7 Å². The Morgan fingerprint density at radius 2 is 2.06 bits per heavy atom. The summed E-state index contributed by atoms with van der Waals surface area (Å²) >= 11 is 3.32. The standard InChI is InChI=1S/C11H16BrNO3S2/c1-8-6-10(4-5-11(8)12)18(15,16)13-7-9(2)17(3)14/h4-6,9,13H,7H2,1-3H3. The van der Waals surface area contributed by atoms with Crippen LogP contribution in [-0.2, 0) is 20.8 Å². The lowest BCUT2D eigenvalue weighted by molar-refractivity contribution is 0.580. The first-order valence-corrected chi connectivity index (χ1v) is 9.22. The molecule has 2 unspecified atom stereocenters. The van der Waals surface area contributed by atoms with E-state index in [2.05, 4.69) is 20.7 Å². The fraction of sp³-hybridized carbons (Fsp3) is 0.455. The van der Waals surface area contributed by atoms with E-state index in [1.165, 1.54) is 6.07 Å². The molecule has 0 bridgehead atoms. The van der Waals surface area contributed by atoms with Gasteiger partial charge < -0.3 is 0 Å². The molecule has 1 aromatic rings. The zero-order chi connectivity index (χ0) is 13.9. The topological polar surface area (TPSA) is 63.2 Å². The molecule has 0 aliphatic carbocycles. The third kappa shape index (κ3) is 4.15. The Hall–Kier alpha value is -0.240. The van der Waals surface area contributed by atoms with Crippen molar-refractivity contribution in [3.05, 3.63) is 28.2 Å². The van der Waals surface area contributed by atoms with Gasteiger partial charge in [0.15, 0.2) is 0 Å². The van der Waals surface area contributed by atoms with Crippen molar-refractivity contribution < 1.29 is 12.6 Å². The molecule has 2 atom stereocenters. The Balaban J connectivity index is 2.87. The Morgan fingerprint density at radius 3 is 2.56 bits per heavy atom. The molecule has 18 heavy (non-hydrogen) atoms. The fourth-order valence-electron chi connectivity index (χ4n) is 1.21. The van der Waals surface area contributed by atoms with Crippen LogP contribution in [0.3, 0.4) is 0 Å². The first-order valence-electron chi connectivity index (χ1n) is 5.32. The average Bonchev–Trinajstić information content (AvgIpc) is 2.29. The minimum absolute atomic E-state index is 0.167. The molecule has 0 saturated heterocycles. The zero-order valence-corrected chi connectivity index (χ0v) is 13.7. The first-order chi connectivity index (χ1) is 8.24. The second kappa shape index (κ2) is 6.27. The average molecular weight is 354 g/mol. The van der Waals surface area contributed by atoms with E-state index >= 15 is 0 Å². The molecule has 0 aliphatic heterocycles. The number of aryl methyl sites for hydroxylation is 1. The molecule has 1 rings (SSSR count). The molecule has 0 aromatic heterocycles. The SMILES string of the molecule is Cc1cc(S(=O)(=O)NCC(C)S(C)=O)ccc1Br. The maximum Gasteiger partial charge on any atom is 0.240 e. The molecule has 102 valence electrons. The molecule has 0 aliphatic rings. The quantitative estimate of drug-likeness (QED) is 0.877. The molecule has 0 spiro atoms. The minimum atomic E-state index is -3.53. The molecule has 0 radical (unpaired) electrons. The number of benzene rings is 1. The van der Waals surface area contributed by atoms with Gasteiger partial charge in [0.05, 0.1) is 4.90 Å². The van der Waals surface area contributed by atoms with Crippen molar-refractivity contribution in [3.8, 4) is 0 Å². The summed E-state index contributed by atoms with van der Waals surface area (Å²) in [5.41, 5.74) is 0.852. The summed E-state index contributed by atoms with van der Waals surface area (Å²) in [4.78, 5) is 0.220. The molecule has 0 heterocycles. The fourth-order valence-corrected chi connectivity index (χ4v) is 3.10. The Bertz CT molecular complexity index is 557. The van der Waals surface area contributed by atoms with E-state index in [1.54, 1.807) is 25.3 Å². The summed E-state index contributed by atoms with van der Waals surface area (Å²) in [5, 5.41) is -0.212. The molecule has 7 heteroatoms. The van der Waals surface area contributed by atoms with Gasteiger partial charge in [0, 0.05) is 33.3 Å². The Labute approximate surface area is 119 Å². The smallest absolute Gasteiger partial charge is 0.240 e. The van der Waals surface area contributed by atoms with Crippen molar-refractivity contribution in [1.29, 1.82) is 0 Å². The van der Waals surface area contributed by atoms with E-state index in [4.69, 9.17) is 0 Å². The summed E-state index contributed by atoms with van der Waals surface area (Å²) in [6, 6.07) is 4.83. The maximum atomic E-state index is 12.0. The third-order valence-electron chi connectivity index (χ3n) is 2.57. The van der Waals surface area contributed by atoms with E-state index in [0.717, 1.165) is 10.0 Å².